The zero-order chi connectivity index (χ0) is 41.1. The van der Waals surface area contributed by atoms with Gasteiger partial charge in [-0.05, 0) is 111 Å². The van der Waals surface area contributed by atoms with Gasteiger partial charge in [0.2, 0.25) is 0 Å². The van der Waals surface area contributed by atoms with E-state index in [9.17, 15) is 30.0 Å². The fourth-order valence-electron chi connectivity index (χ4n) is 7.08. The molecule has 58 heavy (non-hydrogen) atoms. The number of rotatable bonds is 21. The number of amides is 4. The monoisotopic (exact) mass is 841 g/mol. The van der Waals surface area contributed by atoms with Crippen molar-refractivity contribution in [2.45, 2.75) is 124 Å². The first-order valence-electron chi connectivity index (χ1n) is 20.2. The molecule has 3 aliphatic carbocycles. The van der Waals surface area contributed by atoms with Crippen LogP contribution in [0.3, 0.4) is 0 Å². The minimum Gasteiger partial charge on any atom is -0.490 e. The van der Waals surface area contributed by atoms with E-state index in [0.717, 1.165) is 77.2 Å². The Morgan fingerprint density at radius 1 is 0.862 bits per heavy atom. The number of thioether (sulfide) groups is 1. The van der Waals surface area contributed by atoms with Crippen molar-refractivity contribution >= 4 is 35.4 Å². The highest BCUT2D eigenvalue weighted by Gasteiger charge is 2.48. The van der Waals surface area contributed by atoms with Crippen LogP contribution >= 0.6 is 23.4 Å². The average molecular weight is 842 g/mol. The van der Waals surface area contributed by atoms with Crippen molar-refractivity contribution in [3.63, 3.8) is 0 Å². The van der Waals surface area contributed by atoms with Crippen LogP contribution in [0.4, 0.5) is 9.59 Å². The third-order valence-electron chi connectivity index (χ3n) is 10.9. The van der Waals surface area contributed by atoms with Gasteiger partial charge in [-0.2, -0.15) is 0 Å². The number of carbonyl (C=O) groups is 2. The number of nitrogens with one attached hydrogen (secondary N) is 4. The molecule has 0 aliphatic heterocycles. The minimum atomic E-state index is -1.76. The number of benzene rings is 2. The maximum absolute atomic E-state index is 12.5. The first-order chi connectivity index (χ1) is 28.0. The number of aliphatic hydroxyl groups is 5. The van der Waals surface area contributed by atoms with Gasteiger partial charge in [-0.25, -0.2) is 9.59 Å². The van der Waals surface area contributed by atoms with Gasteiger partial charge >= 0.3 is 12.1 Å². The van der Waals surface area contributed by atoms with Gasteiger partial charge in [-0.3, -0.25) is 4.98 Å². The van der Waals surface area contributed by atoms with Crippen molar-refractivity contribution in [1.82, 2.24) is 26.3 Å². The van der Waals surface area contributed by atoms with Crippen LogP contribution < -0.4 is 26.0 Å². The number of aliphatic hydroxyl groups excluding tert-OH is 5. The van der Waals surface area contributed by atoms with Gasteiger partial charge < -0.3 is 56.3 Å². The average Bonchev–Trinajstić information content (AvgIpc) is 4.19. The molecule has 14 nitrogen and oxygen atoms in total. The minimum absolute atomic E-state index is 0.0133. The Balaban J connectivity index is 0.857. The van der Waals surface area contributed by atoms with E-state index in [4.69, 9.17) is 26.2 Å². The number of unbranched alkanes of at least 4 members (excludes halogenated alkanes) is 1. The third kappa shape index (κ3) is 12.4. The molecule has 0 bridgehead atoms. The summed E-state index contributed by atoms with van der Waals surface area (Å²) >= 11 is 8.40. The summed E-state index contributed by atoms with van der Waals surface area (Å²) in [6.07, 6.45) is 5.79. The lowest BCUT2D eigenvalue weighted by atomic mass is 9.91. The summed E-state index contributed by atoms with van der Waals surface area (Å²) in [5.74, 6) is 1.78. The Morgan fingerprint density at radius 2 is 1.55 bits per heavy atom. The van der Waals surface area contributed by atoms with Gasteiger partial charge in [0.15, 0.2) is 0 Å². The number of urea groups is 2. The second-order valence-electron chi connectivity index (χ2n) is 15.4. The summed E-state index contributed by atoms with van der Waals surface area (Å²) in [5.41, 5.74) is 3.74. The number of ether oxygens (including phenoxy) is 2. The summed E-state index contributed by atoms with van der Waals surface area (Å²) in [6.45, 7) is -0.209. The lowest BCUT2D eigenvalue weighted by Crippen LogP contribution is -2.52. The van der Waals surface area contributed by atoms with E-state index in [1.165, 1.54) is 0 Å². The number of nitrogens with zero attached hydrogens (tertiary/aromatic N) is 1. The SMILES string of the molecule is O=C(NCCCCSc1ccc(Cl)c(COC2(c3cnccc3-c3ccccc3OC3CC3)CC2)c1)NC1CCC(NC(=O)NC[C@H](O)[C@@H](O)[C@H](O)[C@H](O)CO)CC1. The number of carbonyl (C=O) groups excluding carboxylic acids is 2. The standard InChI is InChI=1S/C42H56ClN5O9S/c43-34-14-13-30(21-26(34)25-56-42(16-17-42)33-22-44-19-15-31(33)32-5-1-2-6-37(32)57-29-11-12-29)58-20-4-3-18-45-40(54)47-27-7-9-28(10-8-27)48-41(55)46-23-35(50)38(52)39(53)36(51)24-49/h1-2,5-6,13-15,19,21-22,27-29,35-36,38-39,49-53H,3-4,7-12,16-18,20,23-25H2,(H2,45,47,54)(H2,46,48,55)/t27?,28?,35-,36+,38+,39+/m0/s1. The van der Waals surface area contributed by atoms with E-state index < -0.39 is 42.7 Å². The number of para-hydroxylation sites is 1. The predicted octanol–water partition coefficient (Wildman–Crippen LogP) is 4.37. The normalized spacial score (nSPS) is 20.6. The maximum Gasteiger partial charge on any atom is 0.315 e. The van der Waals surface area contributed by atoms with Crippen molar-refractivity contribution in [3.8, 4) is 16.9 Å². The van der Waals surface area contributed by atoms with Crippen LogP contribution in [0.2, 0.25) is 5.02 Å². The van der Waals surface area contributed by atoms with Crippen LogP contribution in [0.1, 0.15) is 75.3 Å². The first-order valence-corrected chi connectivity index (χ1v) is 21.6. The fourth-order valence-corrected chi connectivity index (χ4v) is 8.22. The van der Waals surface area contributed by atoms with E-state index in [1.807, 2.05) is 42.7 Å². The van der Waals surface area contributed by atoms with E-state index in [2.05, 4.69) is 44.5 Å². The Kier molecular flexibility index (Phi) is 15.9. The van der Waals surface area contributed by atoms with E-state index in [0.29, 0.717) is 50.0 Å². The van der Waals surface area contributed by atoms with Crippen molar-refractivity contribution in [3.05, 3.63) is 77.1 Å². The molecule has 0 spiro atoms. The quantitative estimate of drug-likeness (QED) is 0.0543. The second kappa shape index (κ2) is 21.0. The molecule has 6 rings (SSSR count). The molecule has 3 saturated carbocycles. The lowest BCUT2D eigenvalue weighted by Gasteiger charge is -2.30. The molecule has 1 heterocycles. The summed E-state index contributed by atoms with van der Waals surface area (Å²) in [7, 11) is 0. The molecule has 2 aromatic carbocycles. The van der Waals surface area contributed by atoms with Gasteiger partial charge in [0.1, 0.15) is 24.1 Å². The lowest BCUT2D eigenvalue weighted by molar-refractivity contribution is -0.113. The molecule has 316 valence electrons. The molecule has 0 unspecified atom stereocenters. The van der Waals surface area contributed by atoms with Crippen LogP contribution in [0.5, 0.6) is 5.75 Å². The van der Waals surface area contributed by atoms with Crippen molar-refractivity contribution in [1.29, 1.82) is 0 Å². The number of halogens is 1. The van der Waals surface area contributed by atoms with Gasteiger partial charge in [0, 0.05) is 58.6 Å². The highest BCUT2D eigenvalue weighted by molar-refractivity contribution is 7.99. The molecule has 9 N–H and O–H groups in total. The number of pyridine rings is 1. The number of hydrogen-bond donors (Lipinski definition) is 9. The molecule has 16 heteroatoms. The molecule has 0 saturated heterocycles. The van der Waals surface area contributed by atoms with Gasteiger partial charge in [-0.15, -0.1) is 11.8 Å². The Morgan fingerprint density at radius 3 is 2.24 bits per heavy atom. The van der Waals surface area contributed by atoms with Gasteiger partial charge in [-0.1, -0.05) is 29.8 Å². The van der Waals surface area contributed by atoms with Crippen LogP contribution in [-0.2, 0) is 16.9 Å². The molecule has 4 amide bonds. The molecule has 1 aromatic heterocycles. The highest BCUT2D eigenvalue weighted by atomic mass is 35.5. The summed E-state index contributed by atoms with van der Waals surface area (Å²) in [5, 5.41) is 59.8. The zero-order valence-electron chi connectivity index (χ0n) is 32.5. The topological polar surface area (TPSA) is 215 Å². The summed E-state index contributed by atoms with van der Waals surface area (Å²) < 4.78 is 12.9. The Labute approximate surface area is 348 Å². The van der Waals surface area contributed by atoms with Gasteiger partial charge in [0.05, 0.1) is 31.0 Å². The predicted molar refractivity (Wildman–Crippen MR) is 221 cm³/mol. The fraction of sp³-hybridized carbons (Fsp3) is 0.548. The molecular weight excluding hydrogens is 786 g/mol. The third-order valence-corrected chi connectivity index (χ3v) is 12.3. The Hall–Kier alpha value is -3.67. The maximum atomic E-state index is 12.5. The molecule has 0 radical (unpaired) electrons. The molecule has 3 aromatic rings. The first kappa shape index (κ1) is 43.9. The van der Waals surface area contributed by atoms with Crippen LogP contribution in [0, 0.1) is 0 Å². The smallest absolute Gasteiger partial charge is 0.315 e. The zero-order valence-corrected chi connectivity index (χ0v) is 34.1. The van der Waals surface area contributed by atoms with E-state index >= 15 is 0 Å². The summed E-state index contributed by atoms with van der Waals surface area (Å²) in [4.78, 5) is 30.4. The second-order valence-corrected chi connectivity index (χ2v) is 17.0. The summed E-state index contributed by atoms with van der Waals surface area (Å²) in [6, 6.07) is 15.4. The van der Waals surface area contributed by atoms with Crippen LogP contribution in [0.25, 0.3) is 11.1 Å². The van der Waals surface area contributed by atoms with Crippen LogP contribution in [-0.4, -0.2) is 111 Å². The largest absolute Gasteiger partial charge is 0.490 e. The van der Waals surface area contributed by atoms with Crippen molar-refractivity contribution in [2.24, 2.45) is 0 Å². The number of hydrogen-bond acceptors (Lipinski definition) is 11. The Bertz CT molecular complexity index is 1810. The molecule has 3 fully saturated rings. The van der Waals surface area contributed by atoms with Crippen molar-refractivity contribution in [2.75, 3.05) is 25.4 Å². The van der Waals surface area contributed by atoms with Crippen molar-refractivity contribution < 1.29 is 44.6 Å². The van der Waals surface area contributed by atoms with Crippen LogP contribution in [0.15, 0.2) is 65.8 Å². The van der Waals surface area contributed by atoms with E-state index in [1.54, 1.807) is 11.8 Å². The molecule has 3 aliphatic rings. The van der Waals surface area contributed by atoms with Gasteiger partial charge in [0.25, 0.3) is 0 Å². The highest BCUT2D eigenvalue weighted by Crippen LogP contribution is 2.53. The number of aromatic nitrogens is 1. The molecule has 4 atom stereocenters. The molecular formula is C42H56ClN5O9S. The van der Waals surface area contributed by atoms with E-state index in [-0.39, 0.29) is 24.7 Å².